The number of benzene rings is 2. The van der Waals surface area contributed by atoms with Crippen molar-refractivity contribution in [2.75, 3.05) is 10.6 Å². The Labute approximate surface area is 204 Å². The van der Waals surface area contributed by atoms with Crippen LogP contribution in [0.25, 0.3) is 0 Å². The molecule has 1 aliphatic rings. The first kappa shape index (κ1) is 25.6. The Morgan fingerprint density at radius 3 is 1.94 bits per heavy atom. The molecule has 4 N–H and O–H groups in total. The molecule has 4 amide bonds. The van der Waals surface area contributed by atoms with Crippen molar-refractivity contribution in [1.29, 1.82) is 0 Å². The third-order valence-corrected chi connectivity index (χ3v) is 6.39. The average molecular weight is 465 g/mol. The summed E-state index contributed by atoms with van der Waals surface area (Å²) >= 11 is 0. The Hall–Kier alpha value is -3.02. The van der Waals surface area contributed by atoms with Gasteiger partial charge in [0, 0.05) is 23.5 Å². The zero-order valence-corrected chi connectivity index (χ0v) is 20.7. The van der Waals surface area contributed by atoms with E-state index in [-0.39, 0.29) is 18.1 Å². The highest BCUT2D eigenvalue weighted by atomic mass is 16.2. The second-order valence-corrected chi connectivity index (χ2v) is 9.50. The van der Waals surface area contributed by atoms with Crippen LogP contribution in [0.4, 0.5) is 21.0 Å². The van der Waals surface area contributed by atoms with Crippen LogP contribution in [0.15, 0.2) is 48.5 Å². The van der Waals surface area contributed by atoms with Gasteiger partial charge in [-0.05, 0) is 68.0 Å². The fourth-order valence-electron chi connectivity index (χ4n) is 4.41. The lowest BCUT2D eigenvalue weighted by atomic mass is 9.96. The SMILES string of the molecule is CCCCCC(C)NC(=O)Nc1ccc(Cc2ccc(NC(=O)NC3CCCCC3)cc2)cc1. The van der Waals surface area contributed by atoms with Gasteiger partial charge in [0.2, 0.25) is 0 Å². The summed E-state index contributed by atoms with van der Waals surface area (Å²) in [4.78, 5) is 24.4. The molecule has 6 heteroatoms. The maximum atomic E-state index is 12.2. The molecule has 1 saturated carbocycles. The van der Waals surface area contributed by atoms with Crippen molar-refractivity contribution in [2.45, 2.75) is 90.1 Å². The molecule has 1 atom stereocenters. The van der Waals surface area contributed by atoms with Crippen LogP contribution < -0.4 is 21.3 Å². The molecule has 1 aliphatic carbocycles. The Bertz CT molecular complexity index is 890. The number of amides is 4. The number of anilines is 2. The number of carbonyl (C=O) groups excluding carboxylic acids is 2. The molecule has 0 saturated heterocycles. The Morgan fingerprint density at radius 1 is 0.824 bits per heavy atom. The monoisotopic (exact) mass is 464 g/mol. The third kappa shape index (κ3) is 9.08. The van der Waals surface area contributed by atoms with E-state index in [4.69, 9.17) is 0 Å². The van der Waals surface area contributed by atoms with Gasteiger partial charge in [-0.3, -0.25) is 0 Å². The van der Waals surface area contributed by atoms with Crippen molar-refractivity contribution in [3.05, 3.63) is 59.7 Å². The molecule has 1 fully saturated rings. The predicted octanol–water partition coefficient (Wildman–Crippen LogP) is 6.82. The fraction of sp³-hybridized carbons (Fsp3) is 0.500. The van der Waals surface area contributed by atoms with Crippen molar-refractivity contribution in [1.82, 2.24) is 10.6 Å². The minimum Gasteiger partial charge on any atom is -0.335 e. The second kappa shape index (κ2) is 13.6. The van der Waals surface area contributed by atoms with Gasteiger partial charge in [0.25, 0.3) is 0 Å². The number of rotatable bonds is 10. The second-order valence-electron chi connectivity index (χ2n) is 9.50. The van der Waals surface area contributed by atoms with Gasteiger partial charge >= 0.3 is 12.1 Å². The quantitative estimate of drug-likeness (QED) is 0.291. The molecule has 3 rings (SSSR count). The van der Waals surface area contributed by atoms with Crippen LogP contribution in [0.3, 0.4) is 0 Å². The molecule has 34 heavy (non-hydrogen) atoms. The van der Waals surface area contributed by atoms with E-state index >= 15 is 0 Å². The lowest BCUT2D eigenvalue weighted by molar-refractivity contribution is 0.244. The zero-order chi connectivity index (χ0) is 24.2. The number of urea groups is 2. The van der Waals surface area contributed by atoms with E-state index in [1.54, 1.807) is 0 Å². The van der Waals surface area contributed by atoms with Crippen LogP contribution in [0.5, 0.6) is 0 Å². The lowest BCUT2D eigenvalue weighted by Gasteiger charge is -2.22. The Kier molecular flexibility index (Phi) is 10.3. The number of nitrogens with one attached hydrogen (secondary N) is 4. The minimum atomic E-state index is -0.160. The largest absolute Gasteiger partial charge is 0.335 e. The molecule has 6 nitrogen and oxygen atoms in total. The fourth-order valence-corrected chi connectivity index (χ4v) is 4.41. The van der Waals surface area contributed by atoms with Gasteiger partial charge < -0.3 is 21.3 Å². The van der Waals surface area contributed by atoms with Gasteiger partial charge in [0.15, 0.2) is 0 Å². The summed E-state index contributed by atoms with van der Waals surface area (Å²) in [6.07, 6.45) is 11.1. The van der Waals surface area contributed by atoms with Gasteiger partial charge in [-0.25, -0.2) is 9.59 Å². The van der Waals surface area contributed by atoms with Crippen molar-refractivity contribution in [3.8, 4) is 0 Å². The van der Waals surface area contributed by atoms with E-state index < -0.39 is 0 Å². The van der Waals surface area contributed by atoms with E-state index in [0.717, 1.165) is 54.6 Å². The summed E-state index contributed by atoms with van der Waals surface area (Å²) in [5.74, 6) is 0. The highest BCUT2D eigenvalue weighted by Gasteiger charge is 2.15. The van der Waals surface area contributed by atoms with E-state index in [0.29, 0.717) is 6.04 Å². The van der Waals surface area contributed by atoms with E-state index in [1.807, 2.05) is 55.5 Å². The highest BCUT2D eigenvalue weighted by molar-refractivity contribution is 5.90. The molecule has 184 valence electrons. The molecule has 0 bridgehead atoms. The summed E-state index contributed by atoms with van der Waals surface area (Å²) < 4.78 is 0. The maximum absolute atomic E-state index is 12.2. The Morgan fingerprint density at radius 2 is 1.38 bits per heavy atom. The number of hydrogen-bond donors (Lipinski definition) is 4. The first-order valence-corrected chi connectivity index (χ1v) is 12.8. The number of unbranched alkanes of at least 4 members (excludes halogenated alkanes) is 2. The van der Waals surface area contributed by atoms with Gasteiger partial charge in [0.1, 0.15) is 0 Å². The lowest BCUT2D eigenvalue weighted by Crippen LogP contribution is -2.38. The highest BCUT2D eigenvalue weighted by Crippen LogP contribution is 2.19. The average Bonchev–Trinajstić information content (AvgIpc) is 2.82. The molecule has 0 aromatic heterocycles. The predicted molar refractivity (Wildman–Crippen MR) is 140 cm³/mol. The first-order chi connectivity index (χ1) is 16.5. The van der Waals surface area contributed by atoms with Crippen LogP contribution in [-0.4, -0.2) is 24.1 Å². The summed E-state index contributed by atoms with van der Waals surface area (Å²) in [5, 5.41) is 11.9. The Balaban J connectivity index is 1.42. The smallest absolute Gasteiger partial charge is 0.319 e. The summed E-state index contributed by atoms with van der Waals surface area (Å²) in [6, 6.07) is 16.1. The molecule has 0 radical (unpaired) electrons. The number of carbonyl (C=O) groups is 2. The number of hydrogen-bond acceptors (Lipinski definition) is 2. The molecule has 0 aliphatic heterocycles. The van der Waals surface area contributed by atoms with Crippen molar-refractivity contribution < 1.29 is 9.59 Å². The normalized spacial score (nSPS) is 14.8. The maximum Gasteiger partial charge on any atom is 0.319 e. The zero-order valence-electron chi connectivity index (χ0n) is 20.7. The molecular weight excluding hydrogens is 424 g/mol. The van der Waals surface area contributed by atoms with Crippen LogP contribution in [0.1, 0.15) is 82.8 Å². The van der Waals surface area contributed by atoms with E-state index in [9.17, 15) is 9.59 Å². The van der Waals surface area contributed by atoms with Gasteiger partial charge in [-0.2, -0.15) is 0 Å². The minimum absolute atomic E-state index is 0.123. The van der Waals surface area contributed by atoms with Crippen LogP contribution in [0, 0.1) is 0 Å². The topological polar surface area (TPSA) is 82.3 Å². The van der Waals surface area contributed by atoms with Crippen molar-refractivity contribution >= 4 is 23.4 Å². The molecule has 2 aromatic carbocycles. The molecule has 1 unspecified atom stereocenters. The first-order valence-electron chi connectivity index (χ1n) is 12.8. The van der Waals surface area contributed by atoms with Gasteiger partial charge in [0.05, 0.1) is 0 Å². The van der Waals surface area contributed by atoms with Crippen LogP contribution >= 0.6 is 0 Å². The molecule has 0 heterocycles. The van der Waals surface area contributed by atoms with E-state index in [1.165, 1.54) is 32.1 Å². The van der Waals surface area contributed by atoms with Crippen molar-refractivity contribution in [2.24, 2.45) is 0 Å². The van der Waals surface area contributed by atoms with Crippen molar-refractivity contribution in [3.63, 3.8) is 0 Å². The van der Waals surface area contributed by atoms with Gasteiger partial charge in [-0.1, -0.05) is 69.7 Å². The summed E-state index contributed by atoms with van der Waals surface area (Å²) in [6.45, 7) is 4.22. The summed E-state index contributed by atoms with van der Waals surface area (Å²) in [7, 11) is 0. The molecule has 0 spiro atoms. The van der Waals surface area contributed by atoms with E-state index in [2.05, 4.69) is 28.2 Å². The standard InChI is InChI=1S/C28H40N4O2/c1-3-4-6-9-21(2)29-27(33)31-25-16-12-22(13-17-25)20-23-14-18-26(19-15-23)32-28(34)30-24-10-7-5-8-11-24/h12-19,21,24H,3-11,20H2,1-2H3,(H2,29,31,33)(H2,30,32,34). The van der Waals surface area contributed by atoms with Crippen LogP contribution in [-0.2, 0) is 6.42 Å². The molecular formula is C28H40N4O2. The molecule has 2 aromatic rings. The summed E-state index contributed by atoms with van der Waals surface area (Å²) in [5.41, 5.74) is 3.91. The third-order valence-electron chi connectivity index (χ3n) is 6.39. The van der Waals surface area contributed by atoms with Gasteiger partial charge in [-0.15, -0.1) is 0 Å². The van der Waals surface area contributed by atoms with Crippen LogP contribution in [0.2, 0.25) is 0 Å².